The van der Waals surface area contributed by atoms with Gasteiger partial charge in [0.05, 0.1) is 12.7 Å². The van der Waals surface area contributed by atoms with Crippen LogP contribution >= 0.6 is 22.6 Å². The van der Waals surface area contributed by atoms with Gasteiger partial charge in [-0.3, -0.25) is 0 Å². The largest absolute Gasteiger partial charge is 0.506 e. The van der Waals surface area contributed by atoms with Crippen LogP contribution in [0.3, 0.4) is 0 Å². The van der Waals surface area contributed by atoms with Crippen molar-refractivity contribution in [3.05, 3.63) is 26.8 Å². The molecule has 0 bridgehead atoms. The van der Waals surface area contributed by atoms with E-state index < -0.39 is 5.97 Å². The molecular formula is C9H6INO3. The molecule has 0 aromatic heterocycles. The second kappa shape index (κ2) is 4.28. The first kappa shape index (κ1) is 10.8. The van der Waals surface area contributed by atoms with Gasteiger partial charge in [0.1, 0.15) is 17.4 Å². The Morgan fingerprint density at radius 1 is 1.64 bits per heavy atom. The molecule has 0 unspecified atom stereocenters. The summed E-state index contributed by atoms with van der Waals surface area (Å²) in [4.78, 5) is 11.2. The predicted octanol–water partition coefficient (Wildman–Crippen LogP) is 1.66. The SMILES string of the molecule is COC(=O)c1c(I)ccc(C#N)c1O. The Kier molecular flexibility index (Phi) is 3.30. The molecule has 0 saturated carbocycles. The number of nitriles is 1. The van der Waals surface area contributed by atoms with Gasteiger partial charge in [-0.25, -0.2) is 4.79 Å². The number of halogens is 1. The zero-order valence-electron chi connectivity index (χ0n) is 7.24. The van der Waals surface area contributed by atoms with E-state index in [2.05, 4.69) is 4.74 Å². The standard InChI is InChI=1S/C9H6INO3/c1-14-9(13)7-6(10)3-2-5(4-11)8(7)12/h2-3,12H,1H3. The van der Waals surface area contributed by atoms with Crippen LogP contribution < -0.4 is 0 Å². The van der Waals surface area contributed by atoms with Crippen molar-refractivity contribution in [1.82, 2.24) is 0 Å². The fourth-order valence-electron chi connectivity index (χ4n) is 0.953. The van der Waals surface area contributed by atoms with Gasteiger partial charge in [0, 0.05) is 3.57 Å². The van der Waals surface area contributed by atoms with E-state index in [9.17, 15) is 9.90 Å². The number of hydrogen-bond acceptors (Lipinski definition) is 4. The Morgan fingerprint density at radius 2 is 2.29 bits per heavy atom. The molecule has 0 aliphatic rings. The van der Waals surface area contributed by atoms with Crippen LogP contribution in [0.5, 0.6) is 5.75 Å². The molecule has 0 aliphatic heterocycles. The van der Waals surface area contributed by atoms with Gasteiger partial charge in [-0.05, 0) is 34.7 Å². The molecule has 0 fully saturated rings. The molecule has 72 valence electrons. The number of nitrogens with zero attached hydrogens (tertiary/aromatic N) is 1. The molecule has 0 spiro atoms. The Morgan fingerprint density at radius 3 is 2.79 bits per heavy atom. The molecule has 0 amide bonds. The number of rotatable bonds is 1. The normalized spacial score (nSPS) is 9.21. The second-order valence-corrected chi connectivity index (χ2v) is 3.58. The van der Waals surface area contributed by atoms with E-state index in [-0.39, 0.29) is 16.9 Å². The first-order valence-corrected chi connectivity index (χ1v) is 4.69. The van der Waals surface area contributed by atoms with Gasteiger partial charge in [-0.1, -0.05) is 0 Å². The molecular weight excluding hydrogens is 297 g/mol. The Balaban J connectivity index is 3.42. The van der Waals surface area contributed by atoms with Crippen LogP contribution in [0.2, 0.25) is 0 Å². The summed E-state index contributed by atoms with van der Waals surface area (Å²) in [5.41, 5.74) is 0.0953. The average Bonchev–Trinajstić information content (AvgIpc) is 2.18. The minimum absolute atomic E-state index is 0.0344. The number of aromatic hydroxyl groups is 1. The van der Waals surface area contributed by atoms with Gasteiger partial charge in [-0.2, -0.15) is 5.26 Å². The van der Waals surface area contributed by atoms with Crippen molar-refractivity contribution in [3.8, 4) is 11.8 Å². The van der Waals surface area contributed by atoms with Gasteiger partial charge in [0.2, 0.25) is 0 Å². The van der Waals surface area contributed by atoms with Crippen LogP contribution in [-0.2, 0) is 4.74 Å². The van der Waals surface area contributed by atoms with Gasteiger partial charge >= 0.3 is 5.97 Å². The summed E-state index contributed by atoms with van der Waals surface area (Å²) in [5, 5.41) is 18.2. The van der Waals surface area contributed by atoms with Crippen molar-refractivity contribution in [2.45, 2.75) is 0 Å². The van der Waals surface area contributed by atoms with Crippen LogP contribution in [0.1, 0.15) is 15.9 Å². The van der Waals surface area contributed by atoms with Gasteiger partial charge in [0.25, 0.3) is 0 Å². The summed E-state index contributed by atoms with van der Waals surface area (Å²) < 4.78 is 5.03. The van der Waals surface area contributed by atoms with Gasteiger partial charge < -0.3 is 9.84 Å². The quantitative estimate of drug-likeness (QED) is 0.632. The number of ether oxygens (including phenoxy) is 1. The van der Waals surface area contributed by atoms with Gasteiger partial charge in [-0.15, -0.1) is 0 Å². The molecule has 1 N–H and O–H groups in total. The lowest BCUT2D eigenvalue weighted by molar-refractivity contribution is 0.0596. The number of phenolic OH excluding ortho intramolecular Hbond substituents is 1. The highest BCUT2D eigenvalue weighted by molar-refractivity contribution is 14.1. The molecule has 0 saturated heterocycles. The Bertz CT molecular complexity index is 423. The van der Waals surface area contributed by atoms with Gasteiger partial charge in [0.15, 0.2) is 0 Å². The summed E-state index contributed by atoms with van der Waals surface area (Å²) in [5.74, 6) is -0.977. The first-order chi connectivity index (χ1) is 6.61. The third kappa shape index (κ3) is 1.80. The summed E-state index contributed by atoms with van der Waals surface area (Å²) in [6.07, 6.45) is 0. The summed E-state index contributed by atoms with van der Waals surface area (Å²) in [6.45, 7) is 0. The van der Waals surface area contributed by atoms with Crippen molar-refractivity contribution in [1.29, 1.82) is 5.26 Å². The van der Waals surface area contributed by atoms with E-state index in [1.54, 1.807) is 12.1 Å². The third-order valence-electron chi connectivity index (χ3n) is 1.64. The number of methoxy groups -OCH3 is 1. The molecule has 4 nitrogen and oxygen atoms in total. The van der Waals surface area contributed by atoms with Crippen molar-refractivity contribution >= 4 is 28.6 Å². The minimum Gasteiger partial charge on any atom is -0.506 e. The molecule has 14 heavy (non-hydrogen) atoms. The molecule has 0 radical (unpaired) electrons. The van der Waals surface area contributed by atoms with Crippen LogP contribution in [0.25, 0.3) is 0 Å². The fourth-order valence-corrected chi connectivity index (χ4v) is 1.61. The second-order valence-electron chi connectivity index (χ2n) is 2.42. The van der Waals surface area contributed by atoms with E-state index in [1.807, 2.05) is 22.6 Å². The number of hydrogen-bond donors (Lipinski definition) is 1. The lowest BCUT2D eigenvalue weighted by Gasteiger charge is -2.05. The number of esters is 1. The van der Waals surface area contributed by atoms with E-state index in [4.69, 9.17) is 5.26 Å². The summed E-state index contributed by atoms with van der Waals surface area (Å²) in [7, 11) is 1.22. The Labute approximate surface area is 94.2 Å². The molecule has 0 heterocycles. The van der Waals surface area contributed by atoms with Crippen LogP contribution in [-0.4, -0.2) is 18.2 Å². The molecule has 0 aliphatic carbocycles. The van der Waals surface area contributed by atoms with Crippen LogP contribution in [0.15, 0.2) is 12.1 Å². The zero-order valence-corrected chi connectivity index (χ0v) is 9.40. The van der Waals surface area contributed by atoms with E-state index in [0.717, 1.165) is 0 Å². The fraction of sp³-hybridized carbons (Fsp3) is 0.111. The highest BCUT2D eigenvalue weighted by Crippen LogP contribution is 2.27. The van der Waals surface area contributed by atoms with Crippen molar-refractivity contribution in [3.63, 3.8) is 0 Å². The monoisotopic (exact) mass is 303 g/mol. The maximum atomic E-state index is 11.2. The number of benzene rings is 1. The van der Waals surface area contributed by atoms with Crippen LogP contribution in [0, 0.1) is 14.9 Å². The lowest BCUT2D eigenvalue weighted by atomic mass is 10.1. The molecule has 1 rings (SSSR count). The topological polar surface area (TPSA) is 70.3 Å². The summed E-state index contributed by atoms with van der Waals surface area (Å²) in [6, 6.07) is 4.80. The number of carbonyl (C=O) groups is 1. The summed E-state index contributed by atoms with van der Waals surface area (Å²) >= 11 is 1.89. The third-order valence-corrected chi connectivity index (χ3v) is 2.54. The lowest BCUT2D eigenvalue weighted by Crippen LogP contribution is -2.05. The maximum Gasteiger partial charge on any atom is 0.342 e. The van der Waals surface area contributed by atoms with Crippen LogP contribution in [0.4, 0.5) is 0 Å². The average molecular weight is 303 g/mol. The van der Waals surface area contributed by atoms with Crippen molar-refractivity contribution in [2.24, 2.45) is 0 Å². The van der Waals surface area contributed by atoms with E-state index in [0.29, 0.717) is 3.57 Å². The molecule has 1 aromatic carbocycles. The molecule has 5 heteroatoms. The molecule has 0 atom stereocenters. The van der Waals surface area contributed by atoms with Crippen molar-refractivity contribution < 1.29 is 14.6 Å². The maximum absolute atomic E-state index is 11.2. The molecule has 1 aromatic rings. The van der Waals surface area contributed by atoms with E-state index in [1.165, 1.54) is 13.2 Å². The highest BCUT2D eigenvalue weighted by Gasteiger charge is 2.18. The minimum atomic E-state index is -0.649. The smallest absolute Gasteiger partial charge is 0.342 e. The van der Waals surface area contributed by atoms with E-state index >= 15 is 0 Å². The Hall–Kier alpha value is -1.29. The van der Waals surface area contributed by atoms with Crippen molar-refractivity contribution in [2.75, 3.05) is 7.11 Å². The predicted molar refractivity (Wildman–Crippen MR) is 56.9 cm³/mol. The number of phenols is 1. The number of carbonyl (C=O) groups excluding carboxylic acids is 1. The zero-order chi connectivity index (χ0) is 10.7. The highest BCUT2D eigenvalue weighted by atomic mass is 127. The first-order valence-electron chi connectivity index (χ1n) is 3.61.